The highest BCUT2D eigenvalue weighted by atomic mass is 16.1. The molecule has 0 unspecified atom stereocenters. The minimum Gasteiger partial charge on any atom is -0.370 e. The second-order valence-electron chi connectivity index (χ2n) is 6.32. The second kappa shape index (κ2) is 6.35. The van der Waals surface area contributed by atoms with Crippen LogP contribution in [0, 0.1) is 5.92 Å². The van der Waals surface area contributed by atoms with Crippen LogP contribution in [0.1, 0.15) is 28.9 Å². The number of aromatic nitrogens is 2. The van der Waals surface area contributed by atoms with Crippen molar-refractivity contribution in [2.75, 3.05) is 11.9 Å². The van der Waals surface area contributed by atoms with Crippen molar-refractivity contribution in [1.29, 1.82) is 0 Å². The summed E-state index contributed by atoms with van der Waals surface area (Å²) in [6.45, 7) is 1.44. The number of nitrogens with zero attached hydrogens (tertiary/aromatic N) is 1. The van der Waals surface area contributed by atoms with Gasteiger partial charge in [0.05, 0.1) is 12.1 Å². The van der Waals surface area contributed by atoms with Gasteiger partial charge < -0.3 is 15.6 Å². The third-order valence-corrected chi connectivity index (χ3v) is 4.32. The highest BCUT2D eigenvalue weighted by molar-refractivity contribution is 5.94. The molecule has 0 atom stereocenters. The van der Waals surface area contributed by atoms with Gasteiger partial charge in [-0.15, -0.1) is 0 Å². The first-order valence-electron chi connectivity index (χ1n) is 8.33. The number of hydrogen-bond donors (Lipinski definition) is 3. The number of nitrogens with one attached hydrogen (secondary N) is 3. The van der Waals surface area contributed by atoms with Gasteiger partial charge in [-0.25, -0.2) is 4.98 Å². The van der Waals surface area contributed by atoms with Crippen molar-refractivity contribution in [3.63, 3.8) is 0 Å². The first kappa shape index (κ1) is 14.8. The fourth-order valence-electron chi connectivity index (χ4n) is 2.71. The molecule has 5 heteroatoms. The molecule has 0 spiro atoms. The summed E-state index contributed by atoms with van der Waals surface area (Å²) in [6, 6.07) is 13.8. The predicted molar refractivity (Wildman–Crippen MR) is 94.9 cm³/mol. The molecule has 1 saturated carbocycles. The first-order valence-corrected chi connectivity index (χ1v) is 8.33. The molecule has 1 aromatic carbocycles. The number of hydrogen-bond acceptors (Lipinski definition) is 3. The minimum atomic E-state index is -0.116. The van der Waals surface area contributed by atoms with E-state index in [-0.39, 0.29) is 5.91 Å². The zero-order valence-corrected chi connectivity index (χ0v) is 13.4. The Bertz CT molecular complexity index is 816. The zero-order chi connectivity index (χ0) is 16.4. The van der Waals surface area contributed by atoms with Crippen LogP contribution in [0.5, 0.6) is 0 Å². The Labute approximate surface area is 140 Å². The van der Waals surface area contributed by atoms with Crippen LogP contribution in [0.25, 0.3) is 10.9 Å². The summed E-state index contributed by atoms with van der Waals surface area (Å²) in [6.07, 6.45) is 4.23. The van der Waals surface area contributed by atoms with E-state index in [0.717, 1.165) is 34.9 Å². The van der Waals surface area contributed by atoms with Crippen LogP contribution in [0.15, 0.2) is 48.7 Å². The van der Waals surface area contributed by atoms with Crippen molar-refractivity contribution in [1.82, 2.24) is 15.3 Å². The summed E-state index contributed by atoms with van der Waals surface area (Å²) in [5.41, 5.74) is 2.64. The molecule has 24 heavy (non-hydrogen) atoms. The van der Waals surface area contributed by atoms with Gasteiger partial charge in [-0.3, -0.25) is 4.79 Å². The Morgan fingerprint density at radius 1 is 1.21 bits per heavy atom. The third kappa shape index (κ3) is 3.40. The molecular formula is C19H20N4O. The molecule has 122 valence electrons. The van der Waals surface area contributed by atoms with Crippen LogP contribution >= 0.6 is 0 Å². The molecule has 0 saturated heterocycles. The Balaban J connectivity index is 1.34. The van der Waals surface area contributed by atoms with E-state index in [4.69, 9.17) is 0 Å². The van der Waals surface area contributed by atoms with Crippen molar-refractivity contribution in [2.45, 2.75) is 19.4 Å². The van der Waals surface area contributed by atoms with Crippen LogP contribution < -0.4 is 10.6 Å². The Morgan fingerprint density at radius 3 is 2.83 bits per heavy atom. The van der Waals surface area contributed by atoms with E-state index < -0.39 is 0 Å². The van der Waals surface area contributed by atoms with Crippen molar-refractivity contribution in [3.05, 3.63) is 59.9 Å². The predicted octanol–water partition coefficient (Wildman–Crippen LogP) is 3.31. The normalized spacial score (nSPS) is 13.8. The Kier molecular flexibility index (Phi) is 3.91. The number of H-pyrrole nitrogens is 1. The second-order valence-corrected chi connectivity index (χ2v) is 6.32. The summed E-state index contributed by atoms with van der Waals surface area (Å²) in [5.74, 6) is 1.51. The quantitative estimate of drug-likeness (QED) is 0.652. The van der Waals surface area contributed by atoms with Gasteiger partial charge in [-0.2, -0.15) is 0 Å². The van der Waals surface area contributed by atoms with E-state index in [0.29, 0.717) is 12.1 Å². The summed E-state index contributed by atoms with van der Waals surface area (Å²) >= 11 is 0. The van der Waals surface area contributed by atoms with Crippen LogP contribution in [0.4, 0.5) is 5.82 Å². The van der Waals surface area contributed by atoms with Gasteiger partial charge in [-0.1, -0.05) is 18.2 Å². The molecule has 2 heterocycles. The van der Waals surface area contributed by atoms with E-state index in [9.17, 15) is 4.79 Å². The largest absolute Gasteiger partial charge is 0.370 e. The summed E-state index contributed by atoms with van der Waals surface area (Å²) in [5, 5.41) is 7.37. The van der Waals surface area contributed by atoms with Gasteiger partial charge in [0.2, 0.25) is 0 Å². The number of carbonyl (C=O) groups is 1. The number of carbonyl (C=O) groups excluding carboxylic acids is 1. The van der Waals surface area contributed by atoms with Crippen molar-refractivity contribution in [2.24, 2.45) is 5.92 Å². The van der Waals surface area contributed by atoms with Crippen LogP contribution in [0.2, 0.25) is 0 Å². The summed E-state index contributed by atoms with van der Waals surface area (Å²) in [4.78, 5) is 19.8. The van der Waals surface area contributed by atoms with Crippen LogP contribution in [-0.4, -0.2) is 22.4 Å². The third-order valence-electron chi connectivity index (χ3n) is 4.32. The van der Waals surface area contributed by atoms with Gasteiger partial charge >= 0.3 is 0 Å². The first-order chi connectivity index (χ1) is 11.8. The van der Waals surface area contributed by atoms with Gasteiger partial charge in [0.1, 0.15) is 5.82 Å². The monoisotopic (exact) mass is 320 g/mol. The lowest BCUT2D eigenvalue weighted by Crippen LogP contribution is -2.23. The van der Waals surface area contributed by atoms with Crippen molar-refractivity contribution < 1.29 is 4.79 Å². The van der Waals surface area contributed by atoms with E-state index >= 15 is 0 Å². The highest BCUT2D eigenvalue weighted by Crippen LogP contribution is 2.28. The van der Waals surface area contributed by atoms with E-state index in [1.807, 2.05) is 30.3 Å². The number of fused-ring (bicyclic) bond motifs is 1. The average Bonchev–Trinajstić information content (AvgIpc) is 3.35. The molecule has 1 amide bonds. The number of para-hydroxylation sites is 1. The highest BCUT2D eigenvalue weighted by Gasteiger charge is 2.20. The maximum Gasteiger partial charge on any atom is 0.253 e. The average molecular weight is 320 g/mol. The molecule has 4 rings (SSSR count). The smallest absolute Gasteiger partial charge is 0.253 e. The number of aromatic amines is 1. The van der Waals surface area contributed by atoms with Crippen molar-refractivity contribution >= 4 is 22.6 Å². The number of pyridine rings is 1. The van der Waals surface area contributed by atoms with Gasteiger partial charge in [-0.05, 0) is 48.4 Å². The molecule has 5 nitrogen and oxygen atoms in total. The topological polar surface area (TPSA) is 69.8 Å². The molecule has 1 aliphatic carbocycles. The lowest BCUT2D eigenvalue weighted by Gasteiger charge is -2.06. The summed E-state index contributed by atoms with van der Waals surface area (Å²) in [7, 11) is 0. The molecule has 0 bridgehead atoms. The molecule has 1 aliphatic rings. The van der Waals surface area contributed by atoms with Crippen LogP contribution in [-0.2, 0) is 6.54 Å². The number of benzene rings is 1. The number of amides is 1. The molecule has 0 aliphatic heterocycles. The van der Waals surface area contributed by atoms with E-state index in [1.54, 1.807) is 6.20 Å². The molecule has 0 radical (unpaired) electrons. The number of rotatable bonds is 6. The van der Waals surface area contributed by atoms with Gasteiger partial charge in [0.25, 0.3) is 5.91 Å². The van der Waals surface area contributed by atoms with Gasteiger partial charge in [0, 0.05) is 24.0 Å². The molecule has 2 aromatic heterocycles. The minimum absolute atomic E-state index is 0.116. The SMILES string of the molecule is O=C(NCc1cc2ccccc2[nH]1)c1ccc(NCC2CC2)nc1. The molecular weight excluding hydrogens is 300 g/mol. The van der Waals surface area contributed by atoms with Gasteiger partial charge in [0.15, 0.2) is 0 Å². The van der Waals surface area contributed by atoms with E-state index in [1.165, 1.54) is 12.8 Å². The lowest BCUT2D eigenvalue weighted by molar-refractivity contribution is 0.0950. The van der Waals surface area contributed by atoms with E-state index in [2.05, 4.69) is 32.7 Å². The Morgan fingerprint density at radius 2 is 2.08 bits per heavy atom. The zero-order valence-electron chi connectivity index (χ0n) is 13.4. The fourth-order valence-corrected chi connectivity index (χ4v) is 2.71. The Hall–Kier alpha value is -2.82. The maximum absolute atomic E-state index is 12.2. The van der Waals surface area contributed by atoms with Crippen LogP contribution in [0.3, 0.4) is 0 Å². The lowest BCUT2D eigenvalue weighted by atomic mass is 10.2. The van der Waals surface area contributed by atoms with Crippen molar-refractivity contribution in [3.8, 4) is 0 Å². The standard InChI is InChI=1S/C19H20N4O/c24-19(15-7-8-18(21-11-15)20-10-13-5-6-13)22-12-16-9-14-3-1-2-4-17(14)23-16/h1-4,7-9,11,13,23H,5-6,10,12H2,(H,20,21)(H,22,24). The molecule has 3 N–H and O–H groups in total. The maximum atomic E-state index is 12.2. The molecule has 1 fully saturated rings. The molecule has 3 aromatic rings. The fraction of sp³-hybridized carbons (Fsp3) is 0.263. The summed E-state index contributed by atoms with van der Waals surface area (Å²) < 4.78 is 0. The number of anilines is 1.